The van der Waals surface area contributed by atoms with Crippen molar-refractivity contribution >= 4 is 32.2 Å². The molecule has 0 aliphatic heterocycles. The van der Waals surface area contributed by atoms with E-state index in [-0.39, 0.29) is 0 Å². The molecule has 0 atom stereocenters. The predicted molar refractivity (Wildman–Crippen MR) is 74.1 cm³/mol. The lowest BCUT2D eigenvalue weighted by molar-refractivity contribution is 0.971. The van der Waals surface area contributed by atoms with Crippen LogP contribution in [0.3, 0.4) is 0 Å². The number of hydrogen-bond donors (Lipinski definition) is 1. The van der Waals surface area contributed by atoms with Crippen molar-refractivity contribution in [1.29, 1.82) is 0 Å². The number of rotatable bonds is 2. The summed E-state index contributed by atoms with van der Waals surface area (Å²) in [6, 6.07) is 8.26. The van der Waals surface area contributed by atoms with E-state index in [0.29, 0.717) is 6.54 Å². The zero-order chi connectivity index (χ0) is 11.8. The molecule has 3 nitrogen and oxygen atoms in total. The molecule has 0 saturated carbocycles. The maximum Gasteiger partial charge on any atom is 0.194 e. The molecule has 1 aromatic carbocycles. The zero-order valence-corrected chi connectivity index (χ0v) is 11.3. The standard InChI is InChI=1S/C12H10BrN3S/c13-9-3-1-8(2-4-9)11-7-17-12-15-6-10(5-14)16(11)12/h1-4,6-7H,5,14H2. The van der Waals surface area contributed by atoms with E-state index in [0.717, 1.165) is 20.8 Å². The Hall–Kier alpha value is -1.17. The van der Waals surface area contributed by atoms with E-state index in [9.17, 15) is 0 Å². The molecule has 3 aromatic rings. The summed E-state index contributed by atoms with van der Waals surface area (Å²) in [6.07, 6.45) is 1.84. The van der Waals surface area contributed by atoms with Gasteiger partial charge in [-0.2, -0.15) is 0 Å². The number of nitrogens with zero attached hydrogens (tertiary/aromatic N) is 2. The molecule has 0 fully saturated rings. The molecule has 0 aliphatic carbocycles. The Morgan fingerprint density at radius 1 is 1.29 bits per heavy atom. The van der Waals surface area contributed by atoms with Crippen LogP contribution in [0.15, 0.2) is 40.3 Å². The molecular formula is C12H10BrN3S. The second-order valence-electron chi connectivity index (χ2n) is 3.70. The van der Waals surface area contributed by atoms with E-state index in [1.807, 2.05) is 18.3 Å². The maximum atomic E-state index is 5.73. The molecule has 2 aromatic heterocycles. The highest BCUT2D eigenvalue weighted by Crippen LogP contribution is 2.28. The number of benzene rings is 1. The van der Waals surface area contributed by atoms with Crippen LogP contribution >= 0.6 is 27.3 Å². The highest BCUT2D eigenvalue weighted by atomic mass is 79.9. The Labute approximate surface area is 111 Å². The number of imidazole rings is 1. The van der Waals surface area contributed by atoms with E-state index < -0.39 is 0 Å². The van der Waals surface area contributed by atoms with E-state index in [2.05, 4.69) is 42.8 Å². The fourth-order valence-electron chi connectivity index (χ4n) is 1.83. The number of hydrogen-bond acceptors (Lipinski definition) is 3. The van der Waals surface area contributed by atoms with Crippen LogP contribution in [0.4, 0.5) is 0 Å². The normalized spacial score (nSPS) is 11.2. The fraction of sp³-hybridized carbons (Fsp3) is 0.0833. The molecule has 0 saturated heterocycles. The predicted octanol–water partition coefficient (Wildman–Crippen LogP) is 3.28. The SMILES string of the molecule is NCc1cnc2scc(-c3ccc(Br)cc3)n12. The van der Waals surface area contributed by atoms with Gasteiger partial charge in [0.15, 0.2) is 4.96 Å². The third-order valence-electron chi connectivity index (χ3n) is 2.67. The van der Waals surface area contributed by atoms with Crippen molar-refractivity contribution in [3.05, 3.63) is 46.0 Å². The molecule has 17 heavy (non-hydrogen) atoms. The van der Waals surface area contributed by atoms with Crippen LogP contribution in [0.5, 0.6) is 0 Å². The molecule has 0 spiro atoms. The summed E-state index contributed by atoms with van der Waals surface area (Å²) >= 11 is 5.08. The van der Waals surface area contributed by atoms with Gasteiger partial charge in [-0.15, -0.1) is 11.3 Å². The summed E-state index contributed by atoms with van der Waals surface area (Å²) in [7, 11) is 0. The van der Waals surface area contributed by atoms with Gasteiger partial charge in [-0.3, -0.25) is 4.40 Å². The Kier molecular flexibility index (Phi) is 2.74. The van der Waals surface area contributed by atoms with Crippen molar-refractivity contribution < 1.29 is 0 Å². The lowest BCUT2D eigenvalue weighted by Gasteiger charge is -2.02. The number of aromatic nitrogens is 2. The summed E-state index contributed by atoms with van der Waals surface area (Å²) in [5.41, 5.74) is 9.09. The Bertz CT molecular complexity index is 654. The minimum absolute atomic E-state index is 0.501. The highest BCUT2D eigenvalue weighted by molar-refractivity contribution is 9.10. The second kappa shape index (κ2) is 4.25. The van der Waals surface area contributed by atoms with Gasteiger partial charge in [-0.05, 0) is 17.7 Å². The summed E-state index contributed by atoms with van der Waals surface area (Å²) in [5.74, 6) is 0. The first-order valence-corrected chi connectivity index (χ1v) is 6.86. The summed E-state index contributed by atoms with van der Waals surface area (Å²) in [6.45, 7) is 0.501. The van der Waals surface area contributed by atoms with Crippen LogP contribution in [0.25, 0.3) is 16.2 Å². The molecule has 0 radical (unpaired) electrons. The molecule has 2 N–H and O–H groups in total. The summed E-state index contributed by atoms with van der Waals surface area (Å²) < 4.78 is 3.20. The van der Waals surface area contributed by atoms with Gasteiger partial charge in [0.25, 0.3) is 0 Å². The molecule has 0 amide bonds. The second-order valence-corrected chi connectivity index (χ2v) is 5.45. The Morgan fingerprint density at radius 3 is 2.76 bits per heavy atom. The minimum Gasteiger partial charge on any atom is -0.325 e. The van der Waals surface area contributed by atoms with Crippen LogP contribution in [0.2, 0.25) is 0 Å². The monoisotopic (exact) mass is 307 g/mol. The summed E-state index contributed by atoms with van der Waals surface area (Å²) in [4.78, 5) is 5.33. The van der Waals surface area contributed by atoms with Crippen LogP contribution < -0.4 is 5.73 Å². The van der Waals surface area contributed by atoms with E-state index in [1.165, 1.54) is 5.56 Å². The Morgan fingerprint density at radius 2 is 2.06 bits per heavy atom. The molecular weight excluding hydrogens is 298 g/mol. The average molecular weight is 308 g/mol. The zero-order valence-electron chi connectivity index (χ0n) is 8.93. The van der Waals surface area contributed by atoms with Gasteiger partial charge in [0.1, 0.15) is 0 Å². The van der Waals surface area contributed by atoms with Crippen LogP contribution in [-0.2, 0) is 6.54 Å². The van der Waals surface area contributed by atoms with Gasteiger partial charge in [-0.25, -0.2) is 4.98 Å². The van der Waals surface area contributed by atoms with Crippen molar-refractivity contribution in [2.45, 2.75) is 6.54 Å². The van der Waals surface area contributed by atoms with E-state index >= 15 is 0 Å². The van der Waals surface area contributed by atoms with Crippen molar-refractivity contribution in [2.24, 2.45) is 5.73 Å². The number of nitrogens with two attached hydrogens (primary N) is 1. The molecule has 0 bridgehead atoms. The maximum absolute atomic E-state index is 5.73. The van der Waals surface area contributed by atoms with Crippen molar-refractivity contribution in [1.82, 2.24) is 9.38 Å². The van der Waals surface area contributed by atoms with Gasteiger partial charge >= 0.3 is 0 Å². The highest BCUT2D eigenvalue weighted by Gasteiger charge is 2.10. The summed E-state index contributed by atoms with van der Waals surface area (Å²) in [5, 5.41) is 2.12. The molecule has 0 aliphatic rings. The molecule has 3 rings (SSSR count). The van der Waals surface area contributed by atoms with Crippen molar-refractivity contribution in [3.8, 4) is 11.3 Å². The molecule has 5 heteroatoms. The molecule has 0 unspecified atom stereocenters. The largest absolute Gasteiger partial charge is 0.325 e. The number of thiazole rings is 1. The number of fused-ring (bicyclic) bond motifs is 1. The van der Waals surface area contributed by atoms with Gasteiger partial charge in [0.05, 0.1) is 17.6 Å². The third-order valence-corrected chi connectivity index (χ3v) is 4.04. The van der Waals surface area contributed by atoms with Crippen LogP contribution in [0.1, 0.15) is 5.69 Å². The fourth-order valence-corrected chi connectivity index (χ4v) is 2.99. The van der Waals surface area contributed by atoms with Crippen molar-refractivity contribution in [2.75, 3.05) is 0 Å². The molecule has 86 valence electrons. The first-order valence-electron chi connectivity index (χ1n) is 5.19. The van der Waals surface area contributed by atoms with E-state index in [4.69, 9.17) is 5.73 Å². The third kappa shape index (κ3) is 1.80. The lowest BCUT2D eigenvalue weighted by atomic mass is 10.2. The van der Waals surface area contributed by atoms with Crippen LogP contribution in [-0.4, -0.2) is 9.38 Å². The Balaban J connectivity index is 2.22. The topological polar surface area (TPSA) is 43.3 Å². The first-order chi connectivity index (χ1) is 8.29. The van der Waals surface area contributed by atoms with Gasteiger partial charge in [0, 0.05) is 16.4 Å². The van der Waals surface area contributed by atoms with Crippen LogP contribution in [0, 0.1) is 0 Å². The molecule has 2 heterocycles. The van der Waals surface area contributed by atoms with Gasteiger partial charge in [-0.1, -0.05) is 28.1 Å². The van der Waals surface area contributed by atoms with E-state index in [1.54, 1.807) is 11.3 Å². The average Bonchev–Trinajstić information content (AvgIpc) is 2.91. The van der Waals surface area contributed by atoms with Gasteiger partial charge < -0.3 is 5.73 Å². The van der Waals surface area contributed by atoms with Crippen molar-refractivity contribution in [3.63, 3.8) is 0 Å². The smallest absolute Gasteiger partial charge is 0.194 e. The number of halogens is 1. The lowest BCUT2D eigenvalue weighted by Crippen LogP contribution is -2.00. The minimum atomic E-state index is 0.501. The quantitative estimate of drug-likeness (QED) is 0.789. The first kappa shape index (κ1) is 11.0. The van der Waals surface area contributed by atoms with Gasteiger partial charge in [0.2, 0.25) is 0 Å².